The smallest absolute Gasteiger partial charge is 0.224 e. The van der Waals surface area contributed by atoms with E-state index in [9.17, 15) is 4.79 Å². The number of hydrogen-bond donors (Lipinski definition) is 2. The van der Waals surface area contributed by atoms with Gasteiger partial charge in [-0.3, -0.25) is 4.79 Å². The highest BCUT2D eigenvalue weighted by atomic mass is 35.5. The molecule has 1 amide bonds. The van der Waals surface area contributed by atoms with Gasteiger partial charge >= 0.3 is 0 Å². The van der Waals surface area contributed by atoms with Crippen molar-refractivity contribution >= 4 is 34.8 Å². The monoisotopic (exact) mass is 318 g/mol. The van der Waals surface area contributed by atoms with E-state index in [1.807, 2.05) is 24.3 Å². The predicted molar refractivity (Wildman–Crippen MR) is 94.7 cm³/mol. The number of rotatable bonds is 4. The molecule has 0 spiro atoms. The number of hydrogen-bond acceptors (Lipinski definition) is 2. The van der Waals surface area contributed by atoms with Crippen molar-refractivity contribution in [2.24, 2.45) is 5.92 Å². The van der Waals surface area contributed by atoms with Crippen LogP contribution in [0.3, 0.4) is 0 Å². The molecule has 0 aliphatic carbocycles. The molecular weight excluding hydrogens is 296 g/mol. The van der Waals surface area contributed by atoms with Gasteiger partial charge in [-0.2, -0.15) is 0 Å². The highest BCUT2D eigenvalue weighted by molar-refractivity contribution is 6.02. The standard InChI is InChI=1S/C18H22N2O.ClH/c21-18(9-8-14-10-12-19-13-11-14)20-17-7-3-5-15-4-1-2-6-16(15)17;/h1-7,14,19H,8-13H2,(H,20,21);1H. The van der Waals surface area contributed by atoms with Crippen LogP contribution in [-0.4, -0.2) is 19.0 Å². The third-order valence-electron chi connectivity index (χ3n) is 4.30. The van der Waals surface area contributed by atoms with Crippen LogP contribution < -0.4 is 10.6 Å². The second-order valence-corrected chi connectivity index (χ2v) is 5.81. The third-order valence-corrected chi connectivity index (χ3v) is 4.30. The van der Waals surface area contributed by atoms with E-state index in [1.54, 1.807) is 0 Å². The number of carbonyl (C=O) groups is 1. The minimum Gasteiger partial charge on any atom is -0.326 e. The fourth-order valence-electron chi connectivity index (χ4n) is 3.05. The summed E-state index contributed by atoms with van der Waals surface area (Å²) in [5, 5.41) is 8.70. The van der Waals surface area contributed by atoms with Crippen LogP contribution in [0.25, 0.3) is 10.8 Å². The molecule has 2 aromatic carbocycles. The Morgan fingerprint density at radius 1 is 1.09 bits per heavy atom. The van der Waals surface area contributed by atoms with Crippen molar-refractivity contribution in [2.75, 3.05) is 18.4 Å². The van der Waals surface area contributed by atoms with E-state index >= 15 is 0 Å². The first-order valence-electron chi connectivity index (χ1n) is 7.81. The van der Waals surface area contributed by atoms with Gasteiger partial charge in [-0.05, 0) is 49.7 Å². The molecule has 4 heteroatoms. The van der Waals surface area contributed by atoms with Gasteiger partial charge in [-0.25, -0.2) is 0 Å². The van der Waals surface area contributed by atoms with Crippen molar-refractivity contribution in [3.05, 3.63) is 42.5 Å². The molecule has 0 saturated carbocycles. The highest BCUT2D eigenvalue weighted by Gasteiger charge is 2.14. The Morgan fingerprint density at radius 2 is 1.82 bits per heavy atom. The molecule has 1 saturated heterocycles. The van der Waals surface area contributed by atoms with Crippen LogP contribution in [0.5, 0.6) is 0 Å². The molecule has 0 radical (unpaired) electrons. The summed E-state index contributed by atoms with van der Waals surface area (Å²) in [5.41, 5.74) is 0.920. The fourth-order valence-corrected chi connectivity index (χ4v) is 3.05. The molecular formula is C18H23ClN2O. The normalized spacial score (nSPS) is 15.3. The summed E-state index contributed by atoms with van der Waals surface area (Å²) in [7, 11) is 0. The van der Waals surface area contributed by atoms with Crippen LogP contribution in [0.15, 0.2) is 42.5 Å². The van der Waals surface area contributed by atoms with Gasteiger partial charge in [0.15, 0.2) is 0 Å². The van der Waals surface area contributed by atoms with Gasteiger partial charge in [-0.1, -0.05) is 36.4 Å². The number of amides is 1. The molecule has 1 aliphatic rings. The molecule has 0 bridgehead atoms. The van der Waals surface area contributed by atoms with Gasteiger partial charge in [0, 0.05) is 17.5 Å². The predicted octanol–water partition coefficient (Wildman–Crippen LogP) is 3.98. The van der Waals surface area contributed by atoms with Crippen LogP contribution in [0.4, 0.5) is 5.69 Å². The van der Waals surface area contributed by atoms with Crippen molar-refractivity contribution in [2.45, 2.75) is 25.7 Å². The van der Waals surface area contributed by atoms with Gasteiger partial charge in [0.1, 0.15) is 0 Å². The Kier molecular flexibility index (Phi) is 6.22. The number of anilines is 1. The van der Waals surface area contributed by atoms with Gasteiger partial charge < -0.3 is 10.6 Å². The second-order valence-electron chi connectivity index (χ2n) is 5.81. The maximum absolute atomic E-state index is 12.2. The third kappa shape index (κ3) is 4.21. The minimum absolute atomic E-state index is 0. The Balaban J connectivity index is 0.00000176. The molecule has 2 N–H and O–H groups in total. The quantitative estimate of drug-likeness (QED) is 0.895. The molecule has 0 unspecified atom stereocenters. The molecule has 1 aliphatic heterocycles. The van der Waals surface area contributed by atoms with E-state index in [2.05, 4.69) is 28.8 Å². The first kappa shape index (κ1) is 16.8. The maximum Gasteiger partial charge on any atom is 0.224 e. The largest absolute Gasteiger partial charge is 0.326 e. The molecule has 0 aromatic heterocycles. The van der Waals surface area contributed by atoms with Crippen LogP contribution in [0.2, 0.25) is 0 Å². The number of fused-ring (bicyclic) bond motifs is 1. The van der Waals surface area contributed by atoms with Gasteiger partial charge in [-0.15, -0.1) is 12.4 Å². The summed E-state index contributed by atoms with van der Waals surface area (Å²) >= 11 is 0. The Morgan fingerprint density at radius 3 is 2.64 bits per heavy atom. The topological polar surface area (TPSA) is 41.1 Å². The lowest BCUT2D eigenvalue weighted by Crippen LogP contribution is -2.28. The SMILES string of the molecule is Cl.O=C(CCC1CCNCC1)Nc1cccc2ccccc12. The van der Waals surface area contributed by atoms with Crippen molar-refractivity contribution in [3.8, 4) is 0 Å². The first-order valence-corrected chi connectivity index (χ1v) is 7.81. The van der Waals surface area contributed by atoms with E-state index in [0.29, 0.717) is 12.3 Å². The van der Waals surface area contributed by atoms with Crippen molar-refractivity contribution in [1.29, 1.82) is 0 Å². The molecule has 3 nitrogen and oxygen atoms in total. The summed E-state index contributed by atoms with van der Waals surface area (Å²) in [5.74, 6) is 0.828. The van der Waals surface area contributed by atoms with Crippen LogP contribution in [0.1, 0.15) is 25.7 Å². The van der Waals surface area contributed by atoms with Crippen LogP contribution in [0, 0.1) is 5.92 Å². The summed E-state index contributed by atoms with van der Waals surface area (Å²) in [6, 6.07) is 14.2. The lowest BCUT2D eigenvalue weighted by atomic mass is 9.93. The highest BCUT2D eigenvalue weighted by Crippen LogP contribution is 2.24. The van der Waals surface area contributed by atoms with Crippen molar-refractivity contribution in [1.82, 2.24) is 5.32 Å². The zero-order valence-electron chi connectivity index (χ0n) is 12.7. The first-order chi connectivity index (χ1) is 10.3. The van der Waals surface area contributed by atoms with Crippen LogP contribution in [-0.2, 0) is 4.79 Å². The van der Waals surface area contributed by atoms with E-state index < -0.39 is 0 Å². The minimum atomic E-state index is 0. The molecule has 1 heterocycles. The number of piperidine rings is 1. The zero-order valence-corrected chi connectivity index (χ0v) is 13.5. The Bertz CT molecular complexity index is 618. The lowest BCUT2D eigenvalue weighted by molar-refractivity contribution is -0.116. The zero-order chi connectivity index (χ0) is 14.5. The second kappa shape index (κ2) is 8.16. The van der Waals surface area contributed by atoms with Crippen LogP contribution >= 0.6 is 12.4 Å². The van der Waals surface area contributed by atoms with E-state index in [-0.39, 0.29) is 18.3 Å². The molecule has 22 heavy (non-hydrogen) atoms. The van der Waals surface area contributed by atoms with E-state index in [0.717, 1.165) is 36.0 Å². The average molecular weight is 319 g/mol. The van der Waals surface area contributed by atoms with Crippen molar-refractivity contribution < 1.29 is 4.79 Å². The summed E-state index contributed by atoms with van der Waals surface area (Å²) in [4.78, 5) is 12.2. The van der Waals surface area contributed by atoms with E-state index in [4.69, 9.17) is 0 Å². The lowest BCUT2D eigenvalue weighted by Gasteiger charge is -2.22. The van der Waals surface area contributed by atoms with Gasteiger partial charge in [0.05, 0.1) is 0 Å². The number of carbonyl (C=O) groups excluding carboxylic acids is 1. The molecule has 1 fully saturated rings. The number of benzene rings is 2. The molecule has 0 atom stereocenters. The van der Waals surface area contributed by atoms with Gasteiger partial charge in [0.2, 0.25) is 5.91 Å². The summed E-state index contributed by atoms with van der Waals surface area (Å²) < 4.78 is 0. The molecule has 118 valence electrons. The maximum atomic E-state index is 12.2. The molecule has 3 rings (SSSR count). The average Bonchev–Trinajstić information content (AvgIpc) is 2.54. The van der Waals surface area contributed by atoms with Crippen molar-refractivity contribution in [3.63, 3.8) is 0 Å². The molecule has 2 aromatic rings. The number of halogens is 1. The summed E-state index contributed by atoms with van der Waals surface area (Å²) in [6.07, 6.45) is 4.01. The van der Waals surface area contributed by atoms with Gasteiger partial charge in [0.25, 0.3) is 0 Å². The Hall–Kier alpha value is -1.58. The number of nitrogens with one attached hydrogen (secondary N) is 2. The Labute approximate surface area is 137 Å². The summed E-state index contributed by atoms with van der Waals surface area (Å²) in [6.45, 7) is 2.19. The van der Waals surface area contributed by atoms with E-state index in [1.165, 1.54) is 12.8 Å². The fraction of sp³-hybridized carbons (Fsp3) is 0.389.